The van der Waals surface area contributed by atoms with Gasteiger partial charge in [0.2, 0.25) is 11.8 Å². The Bertz CT molecular complexity index is 451. The molecule has 0 atom stereocenters. The van der Waals surface area contributed by atoms with Gasteiger partial charge in [-0.15, -0.1) is 0 Å². The normalized spacial score (nSPS) is 16.3. The Morgan fingerprint density at radius 1 is 1.50 bits per heavy atom. The maximum absolute atomic E-state index is 12.0. The smallest absolute Gasteiger partial charge is 0.228 e. The van der Waals surface area contributed by atoms with E-state index in [1.165, 1.54) is 0 Å². The first kappa shape index (κ1) is 13.3. The highest BCUT2D eigenvalue weighted by Crippen LogP contribution is 2.26. The van der Waals surface area contributed by atoms with Gasteiger partial charge >= 0.3 is 0 Å². The van der Waals surface area contributed by atoms with Crippen molar-refractivity contribution in [3.63, 3.8) is 0 Å². The number of halogens is 1. The van der Waals surface area contributed by atoms with Crippen LogP contribution in [0.15, 0.2) is 22.8 Å². The molecule has 0 N–H and O–H groups in total. The Hall–Kier alpha value is -1.10. The predicted molar refractivity (Wildman–Crippen MR) is 72.4 cm³/mol. The number of hydrogen-bond acceptors (Lipinski definition) is 3. The van der Waals surface area contributed by atoms with Gasteiger partial charge in [-0.25, -0.2) is 4.98 Å². The van der Waals surface area contributed by atoms with Gasteiger partial charge < -0.3 is 9.64 Å². The van der Waals surface area contributed by atoms with E-state index < -0.39 is 0 Å². The number of carbonyl (C=O) groups excluding carboxylic acids is 1. The number of amides is 1. The van der Waals surface area contributed by atoms with Crippen LogP contribution in [0.5, 0.6) is 5.88 Å². The molecule has 0 saturated carbocycles. The van der Waals surface area contributed by atoms with Crippen LogP contribution in [0.25, 0.3) is 0 Å². The van der Waals surface area contributed by atoms with Crippen molar-refractivity contribution in [2.24, 2.45) is 5.41 Å². The van der Waals surface area contributed by atoms with Gasteiger partial charge in [0.25, 0.3) is 0 Å². The van der Waals surface area contributed by atoms with E-state index in [1.807, 2.05) is 37.8 Å². The minimum Gasteiger partial charge on any atom is -0.470 e. The summed E-state index contributed by atoms with van der Waals surface area (Å²) in [4.78, 5) is 17.9. The highest BCUT2D eigenvalue weighted by Gasteiger charge is 2.37. The Morgan fingerprint density at radius 3 is 2.72 bits per heavy atom. The lowest BCUT2D eigenvalue weighted by Gasteiger charge is -2.41. The number of likely N-dealkylation sites (tertiary alicyclic amines) is 1. The standard InChI is InChI=1S/C13H17BrN2O2/c1-13(2,3)12(17)16-7-9(8-16)18-11-10(14)5-4-6-15-11/h4-6,9H,7-8H2,1-3H3. The number of nitrogens with zero attached hydrogens (tertiary/aromatic N) is 2. The van der Waals surface area contributed by atoms with Crippen LogP contribution in [0.3, 0.4) is 0 Å². The highest BCUT2D eigenvalue weighted by molar-refractivity contribution is 9.10. The summed E-state index contributed by atoms with van der Waals surface area (Å²) in [6, 6.07) is 3.73. The summed E-state index contributed by atoms with van der Waals surface area (Å²) in [5.41, 5.74) is -0.323. The van der Waals surface area contributed by atoms with E-state index in [2.05, 4.69) is 20.9 Å². The van der Waals surface area contributed by atoms with Gasteiger partial charge in [0.1, 0.15) is 6.10 Å². The third-order valence-corrected chi connectivity index (χ3v) is 3.38. The molecule has 5 heteroatoms. The molecule has 0 unspecified atom stereocenters. The van der Waals surface area contributed by atoms with Gasteiger partial charge in [-0.2, -0.15) is 0 Å². The van der Waals surface area contributed by atoms with Crippen molar-refractivity contribution in [1.82, 2.24) is 9.88 Å². The second kappa shape index (κ2) is 4.88. The number of rotatable bonds is 2. The van der Waals surface area contributed by atoms with Gasteiger partial charge in [0.05, 0.1) is 17.6 Å². The van der Waals surface area contributed by atoms with E-state index in [4.69, 9.17) is 4.74 Å². The summed E-state index contributed by atoms with van der Waals surface area (Å²) < 4.78 is 6.56. The van der Waals surface area contributed by atoms with Crippen molar-refractivity contribution in [3.05, 3.63) is 22.8 Å². The molecule has 0 aromatic carbocycles. The zero-order chi connectivity index (χ0) is 13.3. The van der Waals surface area contributed by atoms with Crippen LogP contribution in [-0.4, -0.2) is 35.0 Å². The lowest BCUT2D eigenvalue weighted by molar-refractivity contribution is -0.148. The molecular weight excluding hydrogens is 296 g/mol. The molecule has 0 radical (unpaired) electrons. The minimum atomic E-state index is -0.323. The largest absolute Gasteiger partial charge is 0.470 e. The molecule has 18 heavy (non-hydrogen) atoms. The molecular formula is C13H17BrN2O2. The van der Waals surface area contributed by atoms with Crippen molar-refractivity contribution in [2.75, 3.05) is 13.1 Å². The summed E-state index contributed by atoms with van der Waals surface area (Å²) in [7, 11) is 0. The summed E-state index contributed by atoms with van der Waals surface area (Å²) in [6.45, 7) is 7.06. The third-order valence-electron chi connectivity index (χ3n) is 2.78. The molecule has 1 aromatic heterocycles. The fourth-order valence-corrected chi connectivity index (χ4v) is 2.12. The number of aromatic nitrogens is 1. The van der Waals surface area contributed by atoms with Crippen LogP contribution in [0, 0.1) is 5.41 Å². The number of ether oxygens (including phenoxy) is 1. The fourth-order valence-electron chi connectivity index (χ4n) is 1.77. The molecule has 0 aliphatic carbocycles. The number of hydrogen-bond donors (Lipinski definition) is 0. The van der Waals surface area contributed by atoms with Crippen LogP contribution < -0.4 is 4.74 Å². The SMILES string of the molecule is CC(C)(C)C(=O)N1CC(Oc2ncccc2Br)C1. The molecule has 1 saturated heterocycles. The summed E-state index contributed by atoms with van der Waals surface area (Å²) in [5.74, 6) is 0.757. The molecule has 1 amide bonds. The highest BCUT2D eigenvalue weighted by atomic mass is 79.9. The summed E-state index contributed by atoms with van der Waals surface area (Å²) in [6.07, 6.45) is 1.74. The zero-order valence-corrected chi connectivity index (χ0v) is 12.4. The average Bonchev–Trinajstić information content (AvgIpc) is 2.23. The molecule has 2 rings (SSSR count). The first-order chi connectivity index (χ1) is 8.38. The average molecular weight is 313 g/mol. The molecule has 4 nitrogen and oxygen atoms in total. The maximum atomic E-state index is 12.0. The van der Waals surface area contributed by atoms with Crippen LogP contribution in [0.4, 0.5) is 0 Å². The molecule has 0 spiro atoms. The van der Waals surface area contributed by atoms with Gasteiger partial charge in [-0.3, -0.25) is 4.79 Å². The van der Waals surface area contributed by atoms with E-state index in [-0.39, 0.29) is 17.4 Å². The fraction of sp³-hybridized carbons (Fsp3) is 0.538. The Kier molecular flexibility index (Phi) is 3.61. The molecule has 1 fully saturated rings. The molecule has 2 heterocycles. The second-order valence-corrected chi connectivity index (χ2v) is 6.34. The maximum Gasteiger partial charge on any atom is 0.228 e. The Morgan fingerprint density at radius 2 is 2.17 bits per heavy atom. The van der Waals surface area contributed by atoms with Crippen molar-refractivity contribution < 1.29 is 9.53 Å². The first-order valence-electron chi connectivity index (χ1n) is 5.94. The van der Waals surface area contributed by atoms with Crippen molar-refractivity contribution >= 4 is 21.8 Å². The van der Waals surface area contributed by atoms with Crippen molar-refractivity contribution in [3.8, 4) is 5.88 Å². The van der Waals surface area contributed by atoms with Crippen LogP contribution in [0.2, 0.25) is 0 Å². The Labute approximate surface area is 115 Å². The molecule has 1 aliphatic rings. The van der Waals surface area contributed by atoms with Crippen LogP contribution in [-0.2, 0) is 4.79 Å². The van der Waals surface area contributed by atoms with Crippen LogP contribution >= 0.6 is 15.9 Å². The lowest BCUT2D eigenvalue weighted by atomic mass is 9.93. The molecule has 1 aliphatic heterocycles. The molecule has 98 valence electrons. The van der Waals surface area contributed by atoms with E-state index in [1.54, 1.807) is 6.20 Å². The predicted octanol–water partition coefficient (Wildman–Crippen LogP) is 2.48. The van der Waals surface area contributed by atoms with E-state index in [9.17, 15) is 4.79 Å². The summed E-state index contributed by atoms with van der Waals surface area (Å²) in [5, 5.41) is 0. The Balaban J connectivity index is 1.88. The molecule has 0 bridgehead atoms. The zero-order valence-electron chi connectivity index (χ0n) is 10.8. The second-order valence-electron chi connectivity index (χ2n) is 5.49. The van der Waals surface area contributed by atoms with Gasteiger partial charge in [0, 0.05) is 11.6 Å². The van der Waals surface area contributed by atoms with Gasteiger partial charge in [-0.1, -0.05) is 20.8 Å². The molecule has 1 aromatic rings. The number of pyridine rings is 1. The summed E-state index contributed by atoms with van der Waals surface area (Å²) >= 11 is 3.39. The quantitative estimate of drug-likeness (QED) is 0.842. The van der Waals surface area contributed by atoms with Crippen LogP contribution in [0.1, 0.15) is 20.8 Å². The van der Waals surface area contributed by atoms with E-state index in [0.29, 0.717) is 19.0 Å². The topological polar surface area (TPSA) is 42.4 Å². The monoisotopic (exact) mass is 312 g/mol. The lowest BCUT2D eigenvalue weighted by Crippen LogP contribution is -2.58. The van der Waals surface area contributed by atoms with Gasteiger partial charge in [0.15, 0.2) is 0 Å². The minimum absolute atomic E-state index is 0.0440. The third kappa shape index (κ3) is 2.83. The van der Waals surface area contributed by atoms with E-state index >= 15 is 0 Å². The first-order valence-corrected chi connectivity index (χ1v) is 6.74. The van der Waals surface area contributed by atoms with Crippen molar-refractivity contribution in [2.45, 2.75) is 26.9 Å². The van der Waals surface area contributed by atoms with Crippen molar-refractivity contribution in [1.29, 1.82) is 0 Å². The van der Waals surface area contributed by atoms with Gasteiger partial charge in [-0.05, 0) is 28.1 Å². The van der Waals surface area contributed by atoms with E-state index in [0.717, 1.165) is 4.47 Å². The number of carbonyl (C=O) groups is 1.